The zero-order chi connectivity index (χ0) is 24.8. The van der Waals surface area contributed by atoms with Gasteiger partial charge in [-0.2, -0.15) is 13.2 Å². The molecule has 2 N–H and O–H groups in total. The molecule has 1 aliphatic rings. The van der Waals surface area contributed by atoms with Crippen LogP contribution < -0.4 is 5.32 Å². The van der Waals surface area contributed by atoms with Crippen molar-refractivity contribution < 1.29 is 27.9 Å². The van der Waals surface area contributed by atoms with Crippen LogP contribution in [0.25, 0.3) is 0 Å². The van der Waals surface area contributed by atoms with Gasteiger partial charge in [0.1, 0.15) is 6.04 Å². The average molecular weight is 565 g/mol. The Balaban J connectivity index is 2.05. The highest BCUT2D eigenvalue weighted by atomic mass is 35.6. The Morgan fingerprint density at radius 2 is 1.76 bits per heavy atom. The predicted molar refractivity (Wildman–Crippen MR) is 122 cm³/mol. The molecule has 178 valence electrons. The molecule has 0 saturated carbocycles. The summed E-state index contributed by atoms with van der Waals surface area (Å²) >= 11 is 29.7. The summed E-state index contributed by atoms with van der Waals surface area (Å²) in [5.74, 6) is 0. The topological polar surface area (TPSA) is 70.9 Å². The van der Waals surface area contributed by atoms with Crippen LogP contribution in [0.5, 0.6) is 0 Å². The van der Waals surface area contributed by atoms with Crippen molar-refractivity contribution in [2.75, 3.05) is 0 Å². The first-order valence-corrected chi connectivity index (χ1v) is 11.0. The summed E-state index contributed by atoms with van der Waals surface area (Å²) in [6.07, 6.45) is -7.02. The summed E-state index contributed by atoms with van der Waals surface area (Å²) in [6.45, 7) is 1.63. The molecule has 2 aromatic rings. The lowest BCUT2D eigenvalue weighted by molar-refractivity contribution is -0.275. The molecule has 0 radical (unpaired) electrons. The van der Waals surface area contributed by atoms with Crippen molar-refractivity contribution in [2.24, 2.45) is 5.16 Å². The van der Waals surface area contributed by atoms with E-state index in [4.69, 9.17) is 67.9 Å². The smallest absolute Gasteiger partial charge is 0.435 e. The Morgan fingerprint density at radius 3 is 2.27 bits per heavy atom. The minimum atomic E-state index is -4.87. The largest absolute Gasteiger partial charge is 0.465 e. The minimum Gasteiger partial charge on any atom is -0.465 e. The normalized spacial score (nSPS) is 19.6. The molecule has 5 nitrogen and oxygen atoms in total. The molecule has 3 rings (SSSR count). The van der Waals surface area contributed by atoms with E-state index in [0.717, 1.165) is 12.1 Å². The zero-order valence-electron chi connectivity index (χ0n) is 16.5. The fourth-order valence-corrected chi connectivity index (χ4v) is 4.48. The van der Waals surface area contributed by atoms with E-state index >= 15 is 0 Å². The molecule has 0 bridgehead atoms. The summed E-state index contributed by atoms with van der Waals surface area (Å²) in [4.78, 5) is 16.2. The number of nitrogens with one attached hydrogen (secondary N) is 1. The van der Waals surface area contributed by atoms with Gasteiger partial charge >= 0.3 is 12.3 Å². The lowest BCUT2D eigenvalue weighted by Gasteiger charge is -2.30. The first kappa shape index (κ1) is 26.0. The van der Waals surface area contributed by atoms with E-state index in [1.807, 2.05) is 0 Å². The molecule has 13 heteroatoms. The summed E-state index contributed by atoms with van der Waals surface area (Å²) in [7, 11) is 0. The third kappa shape index (κ3) is 5.41. The standard InChI is InChI=1S/C20H14Cl5F3N2O3/c1-9-2-3-10(4-14(9)16(19(23,24)25)29-17(31)32)15-8-18(33-30-15,20(26,27)28)11-5-12(21)7-13(22)6-11/h2-7,16,29H,8H2,1H3,(H,31,32). The van der Waals surface area contributed by atoms with Gasteiger partial charge in [-0.3, -0.25) is 0 Å². The average Bonchev–Trinajstić information content (AvgIpc) is 3.12. The van der Waals surface area contributed by atoms with Crippen molar-refractivity contribution in [2.45, 2.75) is 35.0 Å². The van der Waals surface area contributed by atoms with Crippen molar-refractivity contribution in [3.05, 3.63) is 68.7 Å². The molecule has 0 aliphatic carbocycles. The molecule has 1 heterocycles. The quantitative estimate of drug-likeness (QED) is 0.377. The fourth-order valence-electron chi connectivity index (χ4n) is 3.44. The summed E-state index contributed by atoms with van der Waals surface area (Å²) in [5, 5.41) is 14.9. The van der Waals surface area contributed by atoms with E-state index in [9.17, 15) is 18.0 Å². The lowest BCUT2D eigenvalue weighted by atomic mass is 9.86. The number of halogens is 8. The predicted octanol–water partition coefficient (Wildman–Crippen LogP) is 7.56. The number of carbonyl (C=O) groups is 1. The van der Waals surface area contributed by atoms with Gasteiger partial charge in [0.15, 0.2) is 0 Å². The SMILES string of the molecule is Cc1ccc(C2=NOC(c3cc(Cl)cc(Cl)c3)(C(F)(F)F)C2)cc1C(NC(=O)O)C(Cl)(Cl)Cl. The zero-order valence-corrected chi connectivity index (χ0v) is 20.3. The minimum absolute atomic E-state index is 0.000983. The van der Waals surface area contributed by atoms with Gasteiger partial charge in [0.05, 0.1) is 5.71 Å². The van der Waals surface area contributed by atoms with Crippen LogP contribution in [-0.4, -0.2) is 26.9 Å². The number of carboxylic acid groups (broad SMARTS) is 1. The van der Waals surface area contributed by atoms with Gasteiger partial charge < -0.3 is 15.3 Å². The molecule has 2 unspecified atom stereocenters. The van der Waals surface area contributed by atoms with Gasteiger partial charge in [0.2, 0.25) is 3.79 Å². The molecule has 0 spiro atoms. The van der Waals surface area contributed by atoms with Gasteiger partial charge in [-0.25, -0.2) is 4.79 Å². The van der Waals surface area contributed by atoms with Crippen LogP contribution in [0.2, 0.25) is 10.0 Å². The lowest BCUT2D eigenvalue weighted by Crippen LogP contribution is -2.42. The maximum absolute atomic E-state index is 14.2. The van der Waals surface area contributed by atoms with E-state index in [-0.39, 0.29) is 32.4 Å². The van der Waals surface area contributed by atoms with Crippen molar-refractivity contribution in [1.29, 1.82) is 0 Å². The van der Waals surface area contributed by atoms with Gasteiger partial charge in [-0.15, -0.1) is 0 Å². The highest BCUT2D eigenvalue weighted by molar-refractivity contribution is 6.68. The Hall–Kier alpha value is -1.58. The molecule has 0 aromatic heterocycles. The summed E-state index contributed by atoms with van der Waals surface area (Å²) in [5.41, 5.74) is -2.19. The number of nitrogens with zero attached hydrogens (tertiary/aromatic N) is 1. The van der Waals surface area contributed by atoms with Crippen LogP contribution in [0.1, 0.15) is 34.7 Å². The van der Waals surface area contributed by atoms with Crippen molar-refractivity contribution in [3.63, 3.8) is 0 Å². The van der Waals surface area contributed by atoms with E-state index in [2.05, 4.69) is 10.5 Å². The monoisotopic (exact) mass is 562 g/mol. The van der Waals surface area contributed by atoms with Crippen molar-refractivity contribution in [3.8, 4) is 0 Å². The molecule has 0 saturated heterocycles. The second-order valence-corrected chi connectivity index (χ2v) is 10.5. The highest BCUT2D eigenvalue weighted by Crippen LogP contribution is 2.50. The van der Waals surface area contributed by atoms with E-state index in [1.54, 1.807) is 13.0 Å². The van der Waals surface area contributed by atoms with Gasteiger partial charge in [-0.1, -0.05) is 75.3 Å². The Kier molecular flexibility index (Phi) is 7.28. The van der Waals surface area contributed by atoms with Crippen LogP contribution in [-0.2, 0) is 10.4 Å². The Labute approximate surface area is 211 Å². The van der Waals surface area contributed by atoms with E-state index in [0.29, 0.717) is 5.56 Å². The molecule has 1 aliphatic heterocycles. The van der Waals surface area contributed by atoms with E-state index < -0.39 is 34.1 Å². The number of rotatable bonds is 4. The third-order valence-electron chi connectivity index (χ3n) is 5.03. The number of aryl methyl sites for hydroxylation is 1. The number of amides is 1. The van der Waals surface area contributed by atoms with Gasteiger partial charge in [0.25, 0.3) is 5.60 Å². The number of hydrogen-bond acceptors (Lipinski definition) is 3. The number of oxime groups is 1. The fraction of sp³-hybridized carbons (Fsp3) is 0.300. The molecular weight excluding hydrogens is 550 g/mol. The molecular formula is C20H14Cl5F3N2O3. The van der Waals surface area contributed by atoms with Crippen molar-refractivity contribution in [1.82, 2.24) is 5.32 Å². The summed E-state index contributed by atoms with van der Waals surface area (Å²) < 4.78 is 40.6. The van der Waals surface area contributed by atoms with Gasteiger partial charge in [-0.05, 0) is 47.9 Å². The summed E-state index contributed by atoms with van der Waals surface area (Å²) in [6, 6.07) is 6.66. The molecule has 2 aromatic carbocycles. The van der Waals surface area contributed by atoms with Crippen LogP contribution >= 0.6 is 58.0 Å². The third-order valence-corrected chi connectivity index (χ3v) is 6.12. The first-order chi connectivity index (χ1) is 15.1. The Morgan fingerprint density at radius 1 is 1.15 bits per heavy atom. The Bertz CT molecular complexity index is 1100. The molecule has 33 heavy (non-hydrogen) atoms. The number of benzene rings is 2. The molecule has 2 atom stereocenters. The van der Waals surface area contributed by atoms with E-state index in [1.165, 1.54) is 18.2 Å². The number of hydrogen-bond donors (Lipinski definition) is 2. The maximum Gasteiger partial charge on any atom is 0.435 e. The van der Waals surface area contributed by atoms with Crippen LogP contribution in [0.15, 0.2) is 41.6 Å². The van der Waals surface area contributed by atoms with Crippen LogP contribution in [0.4, 0.5) is 18.0 Å². The van der Waals surface area contributed by atoms with Crippen LogP contribution in [0, 0.1) is 6.92 Å². The highest BCUT2D eigenvalue weighted by Gasteiger charge is 2.62. The number of alkyl halides is 6. The first-order valence-electron chi connectivity index (χ1n) is 9.09. The molecule has 1 amide bonds. The second-order valence-electron chi connectivity index (χ2n) is 7.28. The second kappa shape index (κ2) is 9.23. The maximum atomic E-state index is 14.2. The van der Waals surface area contributed by atoms with Crippen LogP contribution in [0.3, 0.4) is 0 Å². The van der Waals surface area contributed by atoms with Crippen molar-refractivity contribution >= 4 is 69.8 Å². The van der Waals surface area contributed by atoms with Gasteiger partial charge in [0, 0.05) is 22.0 Å². The molecule has 0 fully saturated rings.